The molecule has 0 spiro atoms. The summed E-state index contributed by atoms with van der Waals surface area (Å²) in [6, 6.07) is 7.50. The Labute approximate surface area is 213 Å². The minimum absolute atomic E-state index is 0.0202. The van der Waals surface area contributed by atoms with E-state index in [-0.39, 0.29) is 29.9 Å². The topological polar surface area (TPSA) is 89.1 Å². The third kappa shape index (κ3) is 5.18. The predicted octanol–water partition coefficient (Wildman–Crippen LogP) is 3.75. The van der Waals surface area contributed by atoms with E-state index in [0.29, 0.717) is 49.0 Å². The number of aromatic nitrogens is 2. The van der Waals surface area contributed by atoms with Crippen LogP contribution in [0.25, 0.3) is 11.3 Å². The zero-order chi connectivity index (χ0) is 25.9. The van der Waals surface area contributed by atoms with Gasteiger partial charge in [-0.1, -0.05) is 0 Å². The summed E-state index contributed by atoms with van der Waals surface area (Å²) < 4.78 is 45.0. The molecule has 1 aromatic heterocycles. The van der Waals surface area contributed by atoms with Crippen LogP contribution in [0.2, 0.25) is 0 Å². The van der Waals surface area contributed by atoms with Crippen molar-refractivity contribution < 1.29 is 27.8 Å². The number of hydrogen-bond acceptors (Lipinski definition) is 8. The van der Waals surface area contributed by atoms with E-state index in [1.165, 1.54) is 25.3 Å². The Hall–Kier alpha value is -3.83. The van der Waals surface area contributed by atoms with Gasteiger partial charge in [0.1, 0.15) is 23.0 Å². The number of rotatable bonds is 7. The lowest BCUT2D eigenvalue weighted by molar-refractivity contribution is -0.121. The van der Waals surface area contributed by atoms with E-state index in [9.17, 15) is 13.6 Å². The van der Waals surface area contributed by atoms with Crippen LogP contribution in [0.1, 0.15) is 12.5 Å². The maximum Gasteiger partial charge on any atom is 0.265 e. The number of ether oxygens (including phenoxy) is 3. The van der Waals surface area contributed by atoms with Crippen molar-refractivity contribution >= 4 is 23.2 Å². The Morgan fingerprint density at radius 3 is 2.73 bits per heavy atom. The number of nitrogens with zero attached hydrogens (tertiary/aromatic N) is 4. The average Bonchev–Trinajstić information content (AvgIpc) is 2.90. The zero-order valence-electron chi connectivity index (χ0n) is 20.6. The molecule has 0 radical (unpaired) electrons. The fraction of sp³-hybridized carbons (Fsp3) is 0.346. The summed E-state index contributed by atoms with van der Waals surface area (Å²) in [4.78, 5) is 24.9. The molecule has 1 fully saturated rings. The molecule has 0 aliphatic carbocycles. The van der Waals surface area contributed by atoms with Gasteiger partial charge in [-0.15, -0.1) is 0 Å². The molecular weight excluding hydrogens is 484 g/mol. The number of anilines is 3. The molecule has 3 heterocycles. The fourth-order valence-electron chi connectivity index (χ4n) is 4.53. The molecule has 0 atom stereocenters. The molecule has 3 aromatic rings. The van der Waals surface area contributed by atoms with Gasteiger partial charge in [0, 0.05) is 49.1 Å². The Balaban J connectivity index is 1.52. The smallest absolute Gasteiger partial charge is 0.265 e. The molecule has 0 saturated carbocycles. The molecule has 5 rings (SSSR count). The van der Waals surface area contributed by atoms with Crippen LogP contribution in [-0.4, -0.2) is 67.3 Å². The molecule has 2 aliphatic heterocycles. The van der Waals surface area contributed by atoms with Crippen molar-refractivity contribution in [3.63, 3.8) is 0 Å². The van der Waals surface area contributed by atoms with Crippen molar-refractivity contribution in [3.05, 3.63) is 53.7 Å². The molecule has 2 aliphatic rings. The van der Waals surface area contributed by atoms with Crippen LogP contribution in [-0.2, 0) is 16.1 Å². The first-order valence-corrected chi connectivity index (χ1v) is 12.0. The molecule has 1 saturated heterocycles. The minimum atomic E-state index is -0.676. The molecule has 0 bridgehead atoms. The largest absolute Gasteiger partial charge is 0.496 e. The second-order valence-corrected chi connectivity index (χ2v) is 8.66. The molecule has 194 valence electrons. The van der Waals surface area contributed by atoms with E-state index in [0.717, 1.165) is 24.8 Å². The van der Waals surface area contributed by atoms with Gasteiger partial charge in [0.25, 0.3) is 5.91 Å². The van der Waals surface area contributed by atoms with Gasteiger partial charge >= 0.3 is 0 Å². The van der Waals surface area contributed by atoms with Gasteiger partial charge in [-0.2, -0.15) is 0 Å². The van der Waals surface area contributed by atoms with Crippen molar-refractivity contribution in [2.75, 3.05) is 56.8 Å². The highest BCUT2D eigenvalue weighted by atomic mass is 19.1. The Kier molecular flexibility index (Phi) is 7.15. The maximum atomic E-state index is 14.7. The Bertz CT molecular complexity index is 1320. The van der Waals surface area contributed by atoms with Crippen molar-refractivity contribution in [2.24, 2.45) is 0 Å². The first-order chi connectivity index (χ1) is 18.0. The molecule has 0 unspecified atom stereocenters. The first kappa shape index (κ1) is 24.8. The molecular formula is C26H27F2N5O4. The monoisotopic (exact) mass is 511 g/mol. The van der Waals surface area contributed by atoms with Crippen LogP contribution in [0, 0.1) is 11.6 Å². The molecule has 1 amide bonds. The summed E-state index contributed by atoms with van der Waals surface area (Å²) in [6.45, 7) is 5.85. The predicted molar refractivity (Wildman–Crippen MR) is 133 cm³/mol. The van der Waals surface area contributed by atoms with Crippen molar-refractivity contribution in [3.8, 4) is 22.8 Å². The summed E-state index contributed by atoms with van der Waals surface area (Å²) in [6.07, 6.45) is 1.05. The lowest BCUT2D eigenvalue weighted by atomic mass is 10.1. The molecule has 11 heteroatoms. The standard InChI is InChI=1S/C26H27F2N5O4/c1-3-33-21-12-18(10-16(25(21)37-15-23(33)34)14-32-6-8-36-9-7-32)30-26-29-13-20(28)24(31-26)19-5-4-17(27)11-22(19)35-2/h4-5,10-13H,3,6-9,14-15H2,1-2H3,(H,29,30,31). The number of benzene rings is 2. The van der Waals surface area contributed by atoms with Crippen LogP contribution in [0.5, 0.6) is 11.5 Å². The van der Waals surface area contributed by atoms with Crippen molar-refractivity contribution in [2.45, 2.75) is 13.5 Å². The number of fused-ring (bicyclic) bond motifs is 1. The number of halogens is 2. The van der Waals surface area contributed by atoms with Crippen molar-refractivity contribution in [1.29, 1.82) is 0 Å². The van der Waals surface area contributed by atoms with Crippen LogP contribution >= 0.6 is 0 Å². The summed E-state index contributed by atoms with van der Waals surface area (Å²) in [5, 5.41) is 3.14. The number of nitrogens with one attached hydrogen (secondary N) is 1. The molecule has 37 heavy (non-hydrogen) atoms. The fourth-order valence-corrected chi connectivity index (χ4v) is 4.53. The third-order valence-electron chi connectivity index (χ3n) is 6.31. The van der Waals surface area contributed by atoms with Gasteiger partial charge in [0.05, 0.1) is 32.2 Å². The highest BCUT2D eigenvalue weighted by molar-refractivity contribution is 5.99. The number of hydrogen-bond donors (Lipinski definition) is 1. The summed E-state index contributed by atoms with van der Waals surface area (Å²) in [5.41, 5.74) is 2.42. The number of methoxy groups -OCH3 is 1. The van der Waals surface area contributed by atoms with Crippen LogP contribution < -0.4 is 19.7 Å². The Morgan fingerprint density at radius 1 is 1.16 bits per heavy atom. The van der Waals surface area contributed by atoms with Crippen LogP contribution in [0.3, 0.4) is 0 Å². The number of carbonyl (C=O) groups excluding carboxylic acids is 1. The van der Waals surface area contributed by atoms with E-state index in [1.807, 2.05) is 13.0 Å². The SMILES string of the molecule is CCN1C(=O)COc2c(CN3CCOCC3)cc(Nc3ncc(F)c(-c4ccc(F)cc4OC)n3)cc21. The van der Waals surface area contributed by atoms with E-state index in [4.69, 9.17) is 14.2 Å². The minimum Gasteiger partial charge on any atom is -0.496 e. The third-order valence-corrected chi connectivity index (χ3v) is 6.31. The Morgan fingerprint density at radius 2 is 1.97 bits per heavy atom. The van der Waals surface area contributed by atoms with Gasteiger partial charge in [0.15, 0.2) is 12.4 Å². The zero-order valence-corrected chi connectivity index (χ0v) is 20.6. The van der Waals surface area contributed by atoms with Gasteiger partial charge < -0.3 is 24.4 Å². The van der Waals surface area contributed by atoms with E-state index < -0.39 is 11.6 Å². The molecule has 9 nitrogen and oxygen atoms in total. The summed E-state index contributed by atoms with van der Waals surface area (Å²) >= 11 is 0. The van der Waals surface area contributed by atoms with E-state index in [1.54, 1.807) is 11.0 Å². The maximum absolute atomic E-state index is 14.7. The van der Waals surface area contributed by atoms with Crippen molar-refractivity contribution in [1.82, 2.24) is 14.9 Å². The summed E-state index contributed by atoms with van der Waals surface area (Å²) in [5.74, 6) is -0.369. The average molecular weight is 512 g/mol. The summed E-state index contributed by atoms with van der Waals surface area (Å²) in [7, 11) is 1.38. The van der Waals surface area contributed by atoms with Gasteiger partial charge in [0.2, 0.25) is 5.95 Å². The first-order valence-electron chi connectivity index (χ1n) is 12.0. The highest BCUT2D eigenvalue weighted by Crippen LogP contribution is 2.40. The van der Waals surface area contributed by atoms with Crippen LogP contribution in [0.4, 0.5) is 26.1 Å². The number of likely N-dealkylation sites (N-methyl/N-ethyl adjacent to an activating group) is 1. The van der Waals surface area contributed by atoms with Gasteiger partial charge in [-0.05, 0) is 31.2 Å². The molecule has 2 aromatic carbocycles. The lowest BCUT2D eigenvalue weighted by Gasteiger charge is -2.32. The highest BCUT2D eigenvalue weighted by Gasteiger charge is 2.28. The second-order valence-electron chi connectivity index (χ2n) is 8.66. The quantitative estimate of drug-likeness (QED) is 0.513. The van der Waals surface area contributed by atoms with E-state index in [2.05, 4.69) is 20.2 Å². The van der Waals surface area contributed by atoms with Crippen LogP contribution in [0.15, 0.2) is 36.5 Å². The van der Waals surface area contributed by atoms with Gasteiger partial charge in [-0.3, -0.25) is 9.69 Å². The van der Waals surface area contributed by atoms with E-state index >= 15 is 0 Å². The normalized spacial score (nSPS) is 15.8. The van der Waals surface area contributed by atoms with Gasteiger partial charge in [-0.25, -0.2) is 18.7 Å². The molecule has 1 N–H and O–H groups in total. The number of carbonyl (C=O) groups is 1. The second kappa shape index (κ2) is 10.7. The number of amides is 1. The lowest BCUT2D eigenvalue weighted by Crippen LogP contribution is -2.40. The number of morpholine rings is 1.